The predicted molar refractivity (Wildman–Crippen MR) is 101 cm³/mol. The van der Waals surface area contributed by atoms with Crippen molar-refractivity contribution < 1.29 is 14.3 Å². The lowest BCUT2D eigenvalue weighted by molar-refractivity contribution is -0.123. The van der Waals surface area contributed by atoms with E-state index in [1.54, 1.807) is 13.3 Å². The monoisotopic (exact) mass is 368 g/mol. The molecule has 2 aliphatic rings. The summed E-state index contributed by atoms with van der Waals surface area (Å²) in [4.78, 5) is 24.0. The predicted octanol–water partition coefficient (Wildman–Crippen LogP) is 1.67. The van der Waals surface area contributed by atoms with E-state index in [0.29, 0.717) is 25.6 Å². The molecule has 0 unspecified atom stereocenters. The molecule has 1 aromatic carbocycles. The number of para-hydroxylation sites is 1. The maximum Gasteiger partial charge on any atom is 0.231 e. The first-order valence-electron chi connectivity index (χ1n) is 9.29. The van der Waals surface area contributed by atoms with Crippen molar-refractivity contribution in [3.63, 3.8) is 0 Å². The Morgan fingerprint density at radius 2 is 2.04 bits per heavy atom. The smallest absolute Gasteiger partial charge is 0.231 e. The second kappa shape index (κ2) is 7.52. The maximum absolute atomic E-state index is 12.9. The second-order valence-electron chi connectivity index (χ2n) is 6.90. The highest BCUT2D eigenvalue weighted by molar-refractivity contribution is 5.92. The standard InChI is InChI=1S/C20H24N4O3/c1-26-16-5-3-2-4-15(16)20(7-8-20)19(25)22-14-17-21-9-6-18(23-17)24-10-12-27-13-11-24/h2-6,9H,7-8,10-14H2,1H3,(H,22,25). The van der Waals surface area contributed by atoms with Gasteiger partial charge in [0.1, 0.15) is 17.4 Å². The summed E-state index contributed by atoms with van der Waals surface area (Å²) in [6.07, 6.45) is 3.40. The van der Waals surface area contributed by atoms with E-state index in [4.69, 9.17) is 9.47 Å². The molecule has 1 aromatic heterocycles. The Labute approximate surface area is 158 Å². The van der Waals surface area contributed by atoms with Gasteiger partial charge in [-0.05, 0) is 25.0 Å². The molecule has 1 saturated carbocycles. The summed E-state index contributed by atoms with van der Waals surface area (Å²) in [5, 5.41) is 3.02. The zero-order chi connectivity index (χ0) is 18.7. The van der Waals surface area contributed by atoms with Gasteiger partial charge in [-0.1, -0.05) is 18.2 Å². The second-order valence-corrected chi connectivity index (χ2v) is 6.90. The fraction of sp³-hybridized carbons (Fsp3) is 0.450. The van der Waals surface area contributed by atoms with E-state index < -0.39 is 5.41 Å². The number of methoxy groups -OCH3 is 1. The van der Waals surface area contributed by atoms with Crippen molar-refractivity contribution in [2.75, 3.05) is 38.3 Å². The van der Waals surface area contributed by atoms with Crippen molar-refractivity contribution >= 4 is 11.7 Å². The van der Waals surface area contributed by atoms with E-state index in [0.717, 1.165) is 43.1 Å². The fourth-order valence-corrected chi connectivity index (χ4v) is 3.55. The minimum absolute atomic E-state index is 0.00683. The summed E-state index contributed by atoms with van der Waals surface area (Å²) >= 11 is 0. The van der Waals surface area contributed by atoms with Crippen LogP contribution in [0.1, 0.15) is 24.2 Å². The first-order valence-corrected chi connectivity index (χ1v) is 9.29. The van der Waals surface area contributed by atoms with Gasteiger partial charge in [-0.3, -0.25) is 4.79 Å². The van der Waals surface area contributed by atoms with Gasteiger partial charge in [0, 0.05) is 24.8 Å². The van der Waals surface area contributed by atoms with E-state index in [2.05, 4.69) is 20.2 Å². The molecule has 0 spiro atoms. The highest BCUT2D eigenvalue weighted by Gasteiger charge is 2.52. The summed E-state index contributed by atoms with van der Waals surface area (Å²) in [5.74, 6) is 2.26. The van der Waals surface area contributed by atoms with E-state index in [-0.39, 0.29) is 5.91 Å². The molecule has 7 heteroatoms. The minimum Gasteiger partial charge on any atom is -0.496 e. The number of nitrogens with one attached hydrogen (secondary N) is 1. The Kier molecular flexibility index (Phi) is 4.94. The molecule has 1 saturated heterocycles. The van der Waals surface area contributed by atoms with Crippen molar-refractivity contribution in [2.45, 2.75) is 24.8 Å². The third-order valence-corrected chi connectivity index (χ3v) is 5.24. The molecule has 2 fully saturated rings. The SMILES string of the molecule is COc1ccccc1C1(C(=O)NCc2nccc(N3CCOCC3)n2)CC1. The Morgan fingerprint density at radius 1 is 1.26 bits per heavy atom. The third kappa shape index (κ3) is 3.60. The van der Waals surface area contributed by atoms with Crippen LogP contribution in [0.5, 0.6) is 5.75 Å². The lowest BCUT2D eigenvalue weighted by Crippen LogP contribution is -2.37. The highest BCUT2D eigenvalue weighted by Crippen LogP contribution is 2.51. The molecule has 2 heterocycles. The molecular formula is C20H24N4O3. The van der Waals surface area contributed by atoms with Crippen molar-refractivity contribution in [3.8, 4) is 5.75 Å². The van der Waals surface area contributed by atoms with Crippen LogP contribution in [-0.4, -0.2) is 49.3 Å². The minimum atomic E-state index is -0.492. The van der Waals surface area contributed by atoms with E-state index in [1.807, 2.05) is 30.3 Å². The molecule has 1 aliphatic carbocycles. The van der Waals surface area contributed by atoms with E-state index in [9.17, 15) is 4.79 Å². The fourth-order valence-electron chi connectivity index (χ4n) is 3.55. The summed E-state index contributed by atoms with van der Waals surface area (Å²) in [5.41, 5.74) is 0.460. The number of ether oxygens (including phenoxy) is 2. The number of rotatable bonds is 6. The maximum atomic E-state index is 12.9. The number of carbonyl (C=O) groups excluding carboxylic acids is 1. The third-order valence-electron chi connectivity index (χ3n) is 5.24. The van der Waals surface area contributed by atoms with E-state index >= 15 is 0 Å². The molecule has 1 aliphatic heterocycles. The number of hydrogen-bond donors (Lipinski definition) is 1. The molecule has 27 heavy (non-hydrogen) atoms. The van der Waals surface area contributed by atoms with Crippen LogP contribution in [0.25, 0.3) is 0 Å². The van der Waals surface area contributed by atoms with Crippen molar-refractivity contribution in [1.82, 2.24) is 15.3 Å². The van der Waals surface area contributed by atoms with Crippen LogP contribution in [0.15, 0.2) is 36.5 Å². The molecule has 4 rings (SSSR count). The first kappa shape index (κ1) is 17.7. The first-order chi connectivity index (χ1) is 13.2. The number of nitrogens with zero attached hydrogens (tertiary/aromatic N) is 3. The van der Waals surface area contributed by atoms with Crippen molar-refractivity contribution in [3.05, 3.63) is 47.9 Å². The average molecular weight is 368 g/mol. The number of hydrogen-bond acceptors (Lipinski definition) is 6. The largest absolute Gasteiger partial charge is 0.496 e. The molecule has 2 aromatic rings. The van der Waals surface area contributed by atoms with Gasteiger partial charge in [-0.15, -0.1) is 0 Å². The van der Waals surface area contributed by atoms with Crippen LogP contribution in [0.4, 0.5) is 5.82 Å². The van der Waals surface area contributed by atoms with Crippen LogP contribution in [0.2, 0.25) is 0 Å². The van der Waals surface area contributed by atoms with Crippen LogP contribution >= 0.6 is 0 Å². The molecule has 7 nitrogen and oxygen atoms in total. The normalized spacial score (nSPS) is 18.0. The van der Waals surface area contributed by atoms with Gasteiger partial charge >= 0.3 is 0 Å². The number of morpholine rings is 1. The Balaban J connectivity index is 1.44. The molecule has 1 N–H and O–H groups in total. The topological polar surface area (TPSA) is 76.6 Å². The summed E-state index contributed by atoms with van der Waals surface area (Å²) in [7, 11) is 1.64. The number of benzene rings is 1. The molecule has 0 atom stereocenters. The summed E-state index contributed by atoms with van der Waals surface area (Å²) in [6, 6.07) is 9.63. The quantitative estimate of drug-likeness (QED) is 0.836. The lowest BCUT2D eigenvalue weighted by atomic mass is 9.94. The van der Waals surface area contributed by atoms with Crippen molar-refractivity contribution in [2.24, 2.45) is 0 Å². The lowest BCUT2D eigenvalue weighted by Gasteiger charge is -2.27. The zero-order valence-corrected chi connectivity index (χ0v) is 15.5. The zero-order valence-electron chi connectivity index (χ0n) is 15.5. The van der Waals surface area contributed by atoms with Crippen LogP contribution in [0, 0.1) is 0 Å². The van der Waals surface area contributed by atoms with Gasteiger partial charge in [0.05, 0.1) is 32.3 Å². The van der Waals surface area contributed by atoms with Gasteiger partial charge in [-0.2, -0.15) is 0 Å². The average Bonchev–Trinajstić information content (AvgIpc) is 3.55. The Morgan fingerprint density at radius 3 is 2.78 bits per heavy atom. The molecule has 0 bridgehead atoms. The number of aromatic nitrogens is 2. The molecule has 1 amide bonds. The van der Waals surface area contributed by atoms with Gasteiger partial charge in [0.2, 0.25) is 5.91 Å². The number of anilines is 1. The summed E-state index contributed by atoms with van der Waals surface area (Å²) in [6.45, 7) is 3.36. The van der Waals surface area contributed by atoms with Gasteiger partial charge < -0.3 is 19.7 Å². The van der Waals surface area contributed by atoms with Crippen LogP contribution in [-0.2, 0) is 21.5 Å². The molecule has 0 radical (unpaired) electrons. The highest BCUT2D eigenvalue weighted by atomic mass is 16.5. The molecular weight excluding hydrogens is 344 g/mol. The Hall–Kier alpha value is -2.67. The van der Waals surface area contributed by atoms with Gasteiger partial charge in [-0.25, -0.2) is 9.97 Å². The van der Waals surface area contributed by atoms with Gasteiger partial charge in [0.15, 0.2) is 0 Å². The van der Waals surface area contributed by atoms with Gasteiger partial charge in [0.25, 0.3) is 0 Å². The Bertz CT molecular complexity index is 816. The number of amides is 1. The molecule has 142 valence electrons. The van der Waals surface area contributed by atoms with Crippen LogP contribution < -0.4 is 15.0 Å². The van der Waals surface area contributed by atoms with Crippen molar-refractivity contribution in [1.29, 1.82) is 0 Å². The summed E-state index contributed by atoms with van der Waals surface area (Å²) < 4.78 is 10.8. The van der Waals surface area contributed by atoms with Crippen LogP contribution in [0.3, 0.4) is 0 Å². The van der Waals surface area contributed by atoms with E-state index in [1.165, 1.54) is 0 Å². The number of carbonyl (C=O) groups is 1.